The summed E-state index contributed by atoms with van der Waals surface area (Å²) in [7, 11) is 0. The molecule has 5 nitrogen and oxygen atoms in total. The van der Waals surface area contributed by atoms with Gasteiger partial charge in [0, 0.05) is 18.8 Å². The Labute approximate surface area is 118 Å². The molecule has 2 aromatic rings. The van der Waals surface area contributed by atoms with Crippen molar-refractivity contribution in [2.75, 3.05) is 0 Å². The number of pyridine rings is 1. The molecular formula is C15H19N3O2. The third kappa shape index (κ3) is 3.04. The first kappa shape index (κ1) is 13.2. The maximum atomic E-state index is 10.2. The van der Waals surface area contributed by atoms with Crippen molar-refractivity contribution in [1.29, 1.82) is 0 Å². The van der Waals surface area contributed by atoms with E-state index in [1.807, 2.05) is 12.1 Å². The molecule has 0 radical (unpaired) electrons. The zero-order chi connectivity index (χ0) is 13.8. The summed E-state index contributed by atoms with van der Waals surface area (Å²) in [6, 6.07) is 3.88. The molecule has 3 rings (SSSR count). The molecule has 2 atom stereocenters. The van der Waals surface area contributed by atoms with Gasteiger partial charge in [-0.05, 0) is 24.5 Å². The van der Waals surface area contributed by atoms with Crippen molar-refractivity contribution in [3.05, 3.63) is 41.8 Å². The van der Waals surface area contributed by atoms with Crippen molar-refractivity contribution < 1.29 is 9.63 Å². The predicted molar refractivity (Wildman–Crippen MR) is 73.2 cm³/mol. The maximum absolute atomic E-state index is 10.2. The van der Waals surface area contributed by atoms with E-state index in [4.69, 9.17) is 4.52 Å². The Kier molecular flexibility index (Phi) is 4.06. The van der Waals surface area contributed by atoms with Crippen LogP contribution >= 0.6 is 0 Å². The minimum Gasteiger partial charge on any atom is -0.392 e. The normalized spacial score (nSPS) is 23.4. The van der Waals surface area contributed by atoms with Crippen molar-refractivity contribution in [2.45, 2.75) is 50.5 Å². The van der Waals surface area contributed by atoms with Crippen LogP contribution < -0.4 is 0 Å². The molecule has 0 saturated heterocycles. The Hall–Kier alpha value is -1.75. The van der Waals surface area contributed by atoms with Crippen LogP contribution in [0.3, 0.4) is 0 Å². The fourth-order valence-electron chi connectivity index (χ4n) is 2.75. The lowest BCUT2D eigenvalue weighted by molar-refractivity contribution is 0.119. The Morgan fingerprint density at radius 3 is 3.00 bits per heavy atom. The third-order valence-electron chi connectivity index (χ3n) is 3.87. The minimum atomic E-state index is -0.357. The lowest BCUT2D eigenvalue weighted by Gasteiger charge is -2.15. The number of rotatable bonds is 3. The number of hydrogen-bond acceptors (Lipinski definition) is 5. The summed E-state index contributed by atoms with van der Waals surface area (Å²) in [6.45, 7) is 0. The lowest BCUT2D eigenvalue weighted by atomic mass is 9.97. The molecule has 2 unspecified atom stereocenters. The van der Waals surface area contributed by atoms with Crippen LogP contribution in [0, 0.1) is 0 Å². The van der Waals surface area contributed by atoms with Gasteiger partial charge in [-0.25, -0.2) is 0 Å². The maximum Gasteiger partial charge on any atom is 0.232 e. The highest BCUT2D eigenvalue weighted by Crippen LogP contribution is 2.31. The average Bonchev–Trinajstić information content (AvgIpc) is 2.81. The highest BCUT2D eigenvalue weighted by Gasteiger charge is 2.28. The topological polar surface area (TPSA) is 72.0 Å². The van der Waals surface area contributed by atoms with Gasteiger partial charge in [0.15, 0.2) is 5.82 Å². The van der Waals surface area contributed by atoms with E-state index in [0.29, 0.717) is 18.1 Å². The Morgan fingerprint density at radius 1 is 1.25 bits per heavy atom. The predicted octanol–water partition coefficient (Wildman–Crippen LogP) is 2.46. The van der Waals surface area contributed by atoms with E-state index in [1.165, 1.54) is 6.42 Å². The van der Waals surface area contributed by atoms with Crippen LogP contribution in [0.1, 0.15) is 55.3 Å². The molecule has 1 saturated carbocycles. The van der Waals surface area contributed by atoms with Crippen LogP contribution in [0.4, 0.5) is 0 Å². The molecule has 1 aliphatic carbocycles. The summed E-state index contributed by atoms with van der Waals surface area (Å²) in [4.78, 5) is 8.53. The number of aromatic nitrogens is 3. The van der Waals surface area contributed by atoms with E-state index in [1.54, 1.807) is 12.4 Å². The number of aliphatic hydroxyl groups is 1. The SMILES string of the molecule is OC1CCCCCC1c1nc(Cc2cccnc2)no1. The molecule has 106 valence electrons. The first-order chi connectivity index (χ1) is 9.83. The summed E-state index contributed by atoms with van der Waals surface area (Å²) in [5.41, 5.74) is 1.06. The van der Waals surface area contributed by atoms with Gasteiger partial charge in [-0.2, -0.15) is 4.98 Å². The van der Waals surface area contributed by atoms with Gasteiger partial charge >= 0.3 is 0 Å². The minimum absolute atomic E-state index is 0.00681. The van der Waals surface area contributed by atoms with E-state index in [9.17, 15) is 5.11 Å². The van der Waals surface area contributed by atoms with Crippen molar-refractivity contribution in [3.8, 4) is 0 Å². The van der Waals surface area contributed by atoms with E-state index in [0.717, 1.165) is 31.2 Å². The number of nitrogens with zero attached hydrogens (tertiary/aromatic N) is 3. The van der Waals surface area contributed by atoms with E-state index in [2.05, 4.69) is 15.1 Å². The Bertz CT molecular complexity index is 541. The first-order valence-electron chi connectivity index (χ1n) is 7.22. The van der Waals surface area contributed by atoms with Gasteiger partial charge in [0.1, 0.15) is 0 Å². The van der Waals surface area contributed by atoms with Gasteiger partial charge in [0.25, 0.3) is 0 Å². The molecule has 20 heavy (non-hydrogen) atoms. The van der Waals surface area contributed by atoms with Crippen LogP contribution in [0.15, 0.2) is 29.0 Å². The second-order valence-electron chi connectivity index (χ2n) is 5.40. The van der Waals surface area contributed by atoms with Crippen LogP contribution in [0.25, 0.3) is 0 Å². The van der Waals surface area contributed by atoms with Gasteiger partial charge < -0.3 is 9.63 Å². The fraction of sp³-hybridized carbons (Fsp3) is 0.533. The smallest absolute Gasteiger partial charge is 0.232 e. The quantitative estimate of drug-likeness (QED) is 0.870. The van der Waals surface area contributed by atoms with E-state index < -0.39 is 0 Å². The third-order valence-corrected chi connectivity index (χ3v) is 3.87. The molecule has 0 bridgehead atoms. The zero-order valence-corrected chi connectivity index (χ0v) is 11.4. The molecular weight excluding hydrogens is 254 g/mol. The Morgan fingerprint density at radius 2 is 2.15 bits per heavy atom. The van der Waals surface area contributed by atoms with Crippen molar-refractivity contribution in [1.82, 2.24) is 15.1 Å². The first-order valence-corrected chi connectivity index (χ1v) is 7.22. The zero-order valence-electron chi connectivity index (χ0n) is 11.4. The second-order valence-corrected chi connectivity index (χ2v) is 5.40. The van der Waals surface area contributed by atoms with Crippen LogP contribution in [0.5, 0.6) is 0 Å². The van der Waals surface area contributed by atoms with E-state index >= 15 is 0 Å². The molecule has 2 heterocycles. The highest BCUT2D eigenvalue weighted by molar-refractivity contribution is 5.14. The van der Waals surface area contributed by atoms with Crippen LogP contribution in [-0.4, -0.2) is 26.3 Å². The van der Waals surface area contributed by atoms with Crippen molar-refractivity contribution in [3.63, 3.8) is 0 Å². The van der Waals surface area contributed by atoms with E-state index in [-0.39, 0.29) is 12.0 Å². The summed E-state index contributed by atoms with van der Waals surface area (Å²) < 4.78 is 5.36. The molecule has 0 aromatic carbocycles. The fourth-order valence-corrected chi connectivity index (χ4v) is 2.75. The van der Waals surface area contributed by atoms with Gasteiger partial charge in [0.2, 0.25) is 5.89 Å². The summed E-state index contributed by atoms with van der Waals surface area (Å²) in [6.07, 6.45) is 8.91. The molecule has 1 aliphatic rings. The summed E-state index contributed by atoms with van der Waals surface area (Å²) >= 11 is 0. The van der Waals surface area contributed by atoms with Crippen LogP contribution in [0.2, 0.25) is 0 Å². The average molecular weight is 273 g/mol. The lowest BCUT2D eigenvalue weighted by Crippen LogP contribution is -2.17. The summed E-state index contributed by atoms with van der Waals surface area (Å²) in [5.74, 6) is 1.23. The van der Waals surface area contributed by atoms with Gasteiger partial charge in [-0.15, -0.1) is 0 Å². The van der Waals surface area contributed by atoms with Crippen LogP contribution in [-0.2, 0) is 6.42 Å². The molecule has 1 N–H and O–H groups in total. The number of aliphatic hydroxyl groups excluding tert-OH is 1. The molecule has 2 aromatic heterocycles. The van der Waals surface area contributed by atoms with Gasteiger partial charge in [-0.1, -0.05) is 30.5 Å². The van der Waals surface area contributed by atoms with Crippen molar-refractivity contribution in [2.24, 2.45) is 0 Å². The van der Waals surface area contributed by atoms with Crippen molar-refractivity contribution >= 4 is 0 Å². The molecule has 5 heteroatoms. The molecule has 1 fully saturated rings. The molecule has 0 amide bonds. The highest BCUT2D eigenvalue weighted by atomic mass is 16.5. The number of hydrogen-bond donors (Lipinski definition) is 1. The molecule has 0 aliphatic heterocycles. The molecule has 0 spiro atoms. The Balaban J connectivity index is 1.72. The second kappa shape index (κ2) is 6.13. The standard InChI is InChI=1S/C15H19N3O2/c19-13-7-3-1-2-6-12(13)15-17-14(18-20-15)9-11-5-4-8-16-10-11/h4-5,8,10,12-13,19H,1-3,6-7,9H2. The largest absolute Gasteiger partial charge is 0.392 e. The van der Waals surface area contributed by atoms with Gasteiger partial charge in [0.05, 0.1) is 12.0 Å². The summed E-state index contributed by atoms with van der Waals surface area (Å²) in [5, 5.41) is 14.2. The van der Waals surface area contributed by atoms with Gasteiger partial charge in [-0.3, -0.25) is 4.98 Å². The monoisotopic (exact) mass is 273 g/mol.